The van der Waals surface area contributed by atoms with Gasteiger partial charge < -0.3 is 19.7 Å². The molecule has 4 rings (SSSR count). The normalized spacial score (nSPS) is 13.5. The fourth-order valence-corrected chi connectivity index (χ4v) is 4.40. The number of imidazole rings is 1. The van der Waals surface area contributed by atoms with Crippen LogP contribution >= 0.6 is 0 Å². The van der Waals surface area contributed by atoms with Gasteiger partial charge in [-0.1, -0.05) is 18.2 Å². The molecule has 1 fully saturated rings. The van der Waals surface area contributed by atoms with Gasteiger partial charge >= 0.3 is 0 Å². The molecular formula is C28H29N6O5. The molecule has 39 heavy (non-hydrogen) atoms. The fraction of sp³-hybridized carbons (Fsp3) is 0.286. The quantitative estimate of drug-likeness (QED) is 0.196. The van der Waals surface area contributed by atoms with Crippen LogP contribution in [0.15, 0.2) is 61.2 Å². The number of hydrogen-bond acceptors (Lipinski definition) is 6. The largest absolute Gasteiger partial charge is 0.352 e. The number of nitrogens with zero attached hydrogens (tertiary/aromatic N) is 5. The molecule has 11 heteroatoms. The standard InChI is InChI=1S/C28H29N6O5/c1-21(35)32-15-17-33(18-16-32)26(36)10-9-22-5-3-8-25(34(38)39)27(22)23-6-2-7-24(19-23)28(37)30-11-4-13-31-14-12-29-20-31/h2-3,5-7,9-10,12,14,19-20H,4,11,13,15-18H2,1H3,(H,30,37)/b10-9+. The molecule has 11 nitrogen and oxygen atoms in total. The first kappa shape index (κ1) is 27.2. The van der Waals surface area contributed by atoms with Crippen molar-refractivity contribution in [2.45, 2.75) is 19.9 Å². The Hall–Kier alpha value is -4.80. The number of piperazine rings is 1. The van der Waals surface area contributed by atoms with Gasteiger partial charge in [0.25, 0.3) is 11.6 Å². The lowest BCUT2D eigenvalue weighted by Gasteiger charge is -2.33. The smallest absolute Gasteiger partial charge is 0.285 e. The lowest BCUT2D eigenvalue weighted by molar-refractivity contribution is -0.384. The number of carbonyl (C=O) groups excluding carboxylic acids is 3. The van der Waals surface area contributed by atoms with Crippen LogP contribution in [0.4, 0.5) is 5.69 Å². The molecule has 3 aromatic rings. The highest BCUT2D eigenvalue weighted by molar-refractivity contribution is 5.97. The van der Waals surface area contributed by atoms with Crippen molar-refractivity contribution in [2.75, 3.05) is 32.7 Å². The molecule has 0 aliphatic carbocycles. The summed E-state index contributed by atoms with van der Waals surface area (Å²) < 4.78 is 1.92. The minimum absolute atomic E-state index is 0.0273. The SMILES string of the molecule is CC(=O)N1CCN(C(=O)/C=C/c2cc[c]c([N+](=O)[O-])c2-c2cccc(C(=O)NCCCn3ccnc3)c2)CC1. The molecule has 2 aromatic carbocycles. The third-order valence-corrected chi connectivity index (χ3v) is 6.48. The number of amides is 3. The van der Waals surface area contributed by atoms with Gasteiger partial charge in [-0.2, -0.15) is 0 Å². The molecule has 0 saturated carbocycles. The third-order valence-electron chi connectivity index (χ3n) is 6.48. The van der Waals surface area contributed by atoms with E-state index in [0.717, 1.165) is 0 Å². The van der Waals surface area contributed by atoms with Crippen LogP contribution in [0.3, 0.4) is 0 Å². The molecule has 1 aromatic heterocycles. The van der Waals surface area contributed by atoms with E-state index >= 15 is 0 Å². The van der Waals surface area contributed by atoms with E-state index < -0.39 is 4.92 Å². The first-order valence-electron chi connectivity index (χ1n) is 12.6. The lowest BCUT2D eigenvalue weighted by Crippen LogP contribution is -2.49. The van der Waals surface area contributed by atoms with Crippen LogP contribution in [0.5, 0.6) is 0 Å². The van der Waals surface area contributed by atoms with Crippen molar-refractivity contribution in [1.29, 1.82) is 0 Å². The number of nitro benzene ring substituents is 1. The van der Waals surface area contributed by atoms with E-state index in [1.165, 1.54) is 19.1 Å². The Bertz CT molecular complexity index is 1380. The molecule has 0 bridgehead atoms. The summed E-state index contributed by atoms with van der Waals surface area (Å²) >= 11 is 0. The minimum atomic E-state index is -0.529. The van der Waals surface area contributed by atoms with Gasteiger partial charge in [0, 0.05) is 70.2 Å². The third kappa shape index (κ3) is 6.95. The second kappa shape index (κ2) is 12.6. The second-order valence-electron chi connectivity index (χ2n) is 9.07. The zero-order valence-corrected chi connectivity index (χ0v) is 21.6. The summed E-state index contributed by atoms with van der Waals surface area (Å²) in [4.78, 5) is 55.8. The van der Waals surface area contributed by atoms with Crippen molar-refractivity contribution in [3.05, 3.63) is 88.5 Å². The molecular weight excluding hydrogens is 500 g/mol. The Morgan fingerprint density at radius 3 is 2.62 bits per heavy atom. The van der Waals surface area contributed by atoms with Gasteiger partial charge in [0.2, 0.25) is 11.8 Å². The van der Waals surface area contributed by atoms with Crippen molar-refractivity contribution < 1.29 is 19.3 Å². The van der Waals surface area contributed by atoms with E-state index in [9.17, 15) is 24.5 Å². The van der Waals surface area contributed by atoms with E-state index in [4.69, 9.17) is 0 Å². The Labute approximate surface area is 225 Å². The zero-order valence-electron chi connectivity index (χ0n) is 21.6. The number of nitro groups is 1. The maximum atomic E-state index is 12.8. The van der Waals surface area contributed by atoms with Crippen LogP contribution in [0.25, 0.3) is 17.2 Å². The topological polar surface area (TPSA) is 131 Å². The van der Waals surface area contributed by atoms with Crippen molar-refractivity contribution in [3.63, 3.8) is 0 Å². The predicted octanol–water partition coefficient (Wildman–Crippen LogP) is 2.78. The molecule has 1 aliphatic heterocycles. The minimum Gasteiger partial charge on any atom is -0.352 e. The molecule has 201 valence electrons. The number of hydrogen-bond donors (Lipinski definition) is 1. The van der Waals surface area contributed by atoms with E-state index in [1.807, 2.05) is 10.8 Å². The summed E-state index contributed by atoms with van der Waals surface area (Å²) in [5, 5.41) is 14.7. The zero-order chi connectivity index (χ0) is 27.8. The Balaban J connectivity index is 1.50. The summed E-state index contributed by atoms with van der Waals surface area (Å²) in [6.45, 7) is 4.43. The molecule has 0 unspecified atom stereocenters. The van der Waals surface area contributed by atoms with Crippen LogP contribution < -0.4 is 5.32 Å². The molecule has 1 N–H and O–H groups in total. The summed E-state index contributed by atoms with van der Waals surface area (Å²) in [6.07, 6.45) is 8.89. The molecule has 0 spiro atoms. The predicted molar refractivity (Wildman–Crippen MR) is 144 cm³/mol. The Morgan fingerprint density at radius 2 is 1.92 bits per heavy atom. The molecule has 1 radical (unpaired) electrons. The summed E-state index contributed by atoms with van der Waals surface area (Å²) in [5.74, 6) is -0.564. The van der Waals surface area contributed by atoms with Crippen LogP contribution in [-0.2, 0) is 16.1 Å². The molecule has 2 heterocycles. The van der Waals surface area contributed by atoms with Gasteiger partial charge in [-0.3, -0.25) is 24.5 Å². The highest BCUT2D eigenvalue weighted by Gasteiger charge is 2.22. The number of aromatic nitrogens is 2. The van der Waals surface area contributed by atoms with Gasteiger partial charge in [-0.05, 0) is 41.8 Å². The molecule has 1 aliphatic rings. The van der Waals surface area contributed by atoms with E-state index in [1.54, 1.807) is 58.7 Å². The monoisotopic (exact) mass is 529 g/mol. The van der Waals surface area contributed by atoms with E-state index in [2.05, 4.69) is 16.4 Å². The van der Waals surface area contributed by atoms with Crippen molar-refractivity contribution >= 4 is 29.5 Å². The summed E-state index contributed by atoms with van der Waals surface area (Å²) in [7, 11) is 0. The first-order chi connectivity index (χ1) is 18.8. The fourth-order valence-electron chi connectivity index (χ4n) is 4.40. The van der Waals surface area contributed by atoms with Crippen molar-refractivity contribution in [3.8, 4) is 11.1 Å². The van der Waals surface area contributed by atoms with Crippen molar-refractivity contribution in [1.82, 2.24) is 24.7 Å². The van der Waals surface area contributed by atoms with Gasteiger partial charge in [-0.15, -0.1) is 0 Å². The van der Waals surface area contributed by atoms with E-state index in [-0.39, 0.29) is 29.0 Å². The lowest BCUT2D eigenvalue weighted by atomic mass is 9.95. The average molecular weight is 530 g/mol. The maximum Gasteiger partial charge on any atom is 0.285 e. The average Bonchev–Trinajstić information content (AvgIpc) is 3.47. The Morgan fingerprint density at radius 1 is 1.15 bits per heavy atom. The highest BCUT2D eigenvalue weighted by atomic mass is 16.6. The van der Waals surface area contributed by atoms with Crippen LogP contribution in [0.1, 0.15) is 29.3 Å². The number of nitrogens with one attached hydrogen (secondary N) is 1. The Kier molecular flexibility index (Phi) is 8.82. The van der Waals surface area contributed by atoms with Gasteiger partial charge in [0.1, 0.15) is 0 Å². The van der Waals surface area contributed by atoms with Gasteiger partial charge in [-0.25, -0.2) is 4.98 Å². The second-order valence-corrected chi connectivity index (χ2v) is 9.07. The van der Waals surface area contributed by atoms with Gasteiger partial charge in [0.05, 0.1) is 22.9 Å². The van der Waals surface area contributed by atoms with E-state index in [0.29, 0.717) is 62.4 Å². The summed E-state index contributed by atoms with van der Waals surface area (Å²) in [6, 6.07) is 12.3. The molecule has 3 amide bonds. The number of carbonyl (C=O) groups is 3. The first-order valence-corrected chi connectivity index (χ1v) is 12.6. The number of aryl methyl sites for hydroxylation is 1. The highest BCUT2D eigenvalue weighted by Crippen LogP contribution is 2.34. The van der Waals surface area contributed by atoms with Crippen molar-refractivity contribution in [2.24, 2.45) is 0 Å². The number of rotatable bonds is 9. The molecule has 1 saturated heterocycles. The van der Waals surface area contributed by atoms with Crippen LogP contribution in [0, 0.1) is 16.2 Å². The van der Waals surface area contributed by atoms with Gasteiger partial charge in [0.15, 0.2) is 0 Å². The summed E-state index contributed by atoms with van der Waals surface area (Å²) in [5.41, 5.74) is 1.30. The number of benzene rings is 2. The van der Waals surface area contributed by atoms with Crippen LogP contribution in [-0.4, -0.2) is 74.7 Å². The maximum absolute atomic E-state index is 12.8. The molecule has 0 atom stereocenters. The van der Waals surface area contributed by atoms with Crippen LogP contribution in [0.2, 0.25) is 0 Å².